The maximum Gasteiger partial charge on any atom is 0.239 e. The minimum absolute atomic E-state index is 0.120. The highest BCUT2D eigenvalue weighted by Crippen LogP contribution is 2.21. The first kappa shape index (κ1) is 14.5. The maximum atomic E-state index is 12.2. The Kier molecular flexibility index (Phi) is 4.95. The Hall–Kier alpha value is -0.610. The summed E-state index contributed by atoms with van der Waals surface area (Å²) in [6, 6.07) is 0.133. The molecule has 1 aliphatic rings. The van der Waals surface area contributed by atoms with Crippen molar-refractivity contribution in [1.82, 2.24) is 9.80 Å². The van der Waals surface area contributed by atoms with E-state index in [0.717, 1.165) is 19.5 Å². The largest absolute Gasteiger partial charge is 0.339 e. The Morgan fingerprint density at radius 2 is 2.00 bits per heavy atom. The molecular formula is C13H27N3O. The highest BCUT2D eigenvalue weighted by Gasteiger charge is 2.35. The van der Waals surface area contributed by atoms with Crippen LogP contribution in [0.25, 0.3) is 0 Å². The van der Waals surface area contributed by atoms with Gasteiger partial charge >= 0.3 is 0 Å². The van der Waals surface area contributed by atoms with E-state index in [1.54, 1.807) is 0 Å². The van der Waals surface area contributed by atoms with Crippen molar-refractivity contribution in [3.05, 3.63) is 0 Å². The number of hydrogen-bond donors (Lipinski definition) is 1. The fourth-order valence-corrected chi connectivity index (χ4v) is 2.64. The summed E-state index contributed by atoms with van der Waals surface area (Å²) >= 11 is 0. The molecule has 4 heteroatoms. The number of carbonyl (C=O) groups is 1. The summed E-state index contributed by atoms with van der Waals surface area (Å²) < 4.78 is 0. The second kappa shape index (κ2) is 5.83. The Morgan fingerprint density at radius 1 is 1.41 bits per heavy atom. The lowest BCUT2D eigenvalue weighted by Crippen LogP contribution is -2.44. The molecule has 17 heavy (non-hydrogen) atoms. The molecule has 0 saturated carbocycles. The maximum absolute atomic E-state index is 12.2. The van der Waals surface area contributed by atoms with Crippen LogP contribution < -0.4 is 5.73 Å². The van der Waals surface area contributed by atoms with Crippen molar-refractivity contribution in [2.45, 2.75) is 39.3 Å². The van der Waals surface area contributed by atoms with E-state index < -0.39 is 0 Å². The van der Waals surface area contributed by atoms with Crippen LogP contribution in [0.5, 0.6) is 0 Å². The van der Waals surface area contributed by atoms with Crippen LogP contribution in [0.2, 0.25) is 0 Å². The van der Waals surface area contributed by atoms with E-state index in [2.05, 4.69) is 39.8 Å². The first-order valence-corrected chi connectivity index (χ1v) is 6.53. The van der Waals surface area contributed by atoms with Gasteiger partial charge in [-0.05, 0) is 32.4 Å². The third kappa shape index (κ3) is 3.68. The fraction of sp³-hybridized carbons (Fsp3) is 0.923. The summed E-state index contributed by atoms with van der Waals surface area (Å²) in [7, 11) is 4.15. The zero-order valence-electron chi connectivity index (χ0n) is 11.8. The minimum atomic E-state index is -0.330. The van der Waals surface area contributed by atoms with Gasteiger partial charge in [0.15, 0.2) is 0 Å². The van der Waals surface area contributed by atoms with Crippen LogP contribution in [0.3, 0.4) is 0 Å². The Morgan fingerprint density at radius 3 is 2.41 bits per heavy atom. The van der Waals surface area contributed by atoms with Gasteiger partial charge in [0.05, 0.1) is 6.04 Å². The normalized spacial score (nSPS) is 26.9. The van der Waals surface area contributed by atoms with Crippen LogP contribution in [-0.2, 0) is 4.79 Å². The van der Waals surface area contributed by atoms with Crippen molar-refractivity contribution in [3.63, 3.8) is 0 Å². The summed E-state index contributed by atoms with van der Waals surface area (Å²) in [5.74, 6) is 1.12. The number of hydrogen-bond acceptors (Lipinski definition) is 3. The minimum Gasteiger partial charge on any atom is -0.339 e. The summed E-state index contributed by atoms with van der Waals surface area (Å²) in [6.07, 6.45) is 0.774. The standard InChI is InChI=1S/C13H27N3O/c1-9(2)6-11(14)13(17)16-7-10(3)12(8-16)15(4)5/h9-12H,6-8,14H2,1-5H3. The van der Waals surface area contributed by atoms with Crippen molar-refractivity contribution in [1.29, 1.82) is 0 Å². The molecule has 0 spiro atoms. The Bertz CT molecular complexity index is 265. The first-order valence-electron chi connectivity index (χ1n) is 6.53. The monoisotopic (exact) mass is 241 g/mol. The van der Waals surface area contributed by atoms with E-state index in [4.69, 9.17) is 5.73 Å². The van der Waals surface area contributed by atoms with Crippen LogP contribution in [-0.4, -0.2) is 55.0 Å². The molecule has 100 valence electrons. The lowest BCUT2D eigenvalue weighted by atomic mass is 10.0. The molecule has 0 aromatic carbocycles. The van der Waals surface area contributed by atoms with E-state index in [1.807, 2.05) is 4.90 Å². The van der Waals surface area contributed by atoms with Crippen LogP contribution in [0.1, 0.15) is 27.2 Å². The quantitative estimate of drug-likeness (QED) is 0.791. The van der Waals surface area contributed by atoms with Crippen molar-refractivity contribution < 1.29 is 4.79 Å². The van der Waals surface area contributed by atoms with Crippen molar-refractivity contribution >= 4 is 5.91 Å². The highest BCUT2D eigenvalue weighted by atomic mass is 16.2. The summed E-state index contributed by atoms with van der Waals surface area (Å²) in [4.78, 5) is 16.3. The topological polar surface area (TPSA) is 49.6 Å². The lowest BCUT2D eigenvalue weighted by Gasteiger charge is -2.24. The van der Waals surface area contributed by atoms with Crippen LogP contribution in [0, 0.1) is 11.8 Å². The molecule has 0 aromatic heterocycles. The second-order valence-corrected chi connectivity index (χ2v) is 5.99. The van der Waals surface area contributed by atoms with Gasteiger partial charge in [-0.3, -0.25) is 4.79 Å². The molecular weight excluding hydrogens is 214 g/mol. The third-order valence-electron chi connectivity index (χ3n) is 3.59. The molecule has 3 unspecified atom stereocenters. The van der Waals surface area contributed by atoms with Gasteiger partial charge < -0.3 is 15.5 Å². The molecule has 1 fully saturated rings. The number of nitrogens with zero attached hydrogens (tertiary/aromatic N) is 2. The van der Waals surface area contributed by atoms with Gasteiger partial charge in [0.1, 0.15) is 0 Å². The molecule has 2 N–H and O–H groups in total. The lowest BCUT2D eigenvalue weighted by molar-refractivity contribution is -0.132. The van der Waals surface area contributed by atoms with E-state index in [1.165, 1.54) is 0 Å². The zero-order valence-corrected chi connectivity index (χ0v) is 11.8. The van der Waals surface area contributed by atoms with Gasteiger partial charge in [0.2, 0.25) is 5.91 Å². The van der Waals surface area contributed by atoms with E-state index in [-0.39, 0.29) is 11.9 Å². The first-order chi connectivity index (χ1) is 7.82. The van der Waals surface area contributed by atoms with Gasteiger partial charge in [0.25, 0.3) is 0 Å². The third-order valence-corrected chi connectivity index (χ3v) is 3.59. The van der Waals surface area contributed by atoms with Crippen molar-refractivity contribution in [3.8, 4) is 0 Å². The number of nitrogens with two attached hydrogens (primary N) is 1. The molecule has 1 amide bonds. The summed E-state index contributed by atoms with van der Waals surface area (Å²) in [6.45, 7) is 8.06. The molecule has 1 heterocycles. The van der Waals surface area contributed by atoms with Crippen LogP contribution >= 0.6 is 0 Å². The molecule has 4 nitrogen and oxygen atoms in total. The number of amides is 1. The predicted molar refractivity (Wildman–Crippen MR) is 70.6 cm³/mol. The van der Waals surface area contributed by atoms with Crippen LogP contribution in [0.4, 0.5) is 0 Å². The molecule has 0 radical (unpaired) electrons. The summed E-state index contributed by atoms with van der Waals surface area (Å²) in [5.41, 5.74) is 5.96. The smallest absolute Gasteiger partial charge is 0.239 e. The predicted octanol–water partition coefficient (Wildman–Crippen LogP) is 0.768. The molecule has 3 atom stereocenters. The second-order valence-electron chi connectivity index (χ2n) is 5.99. The van der Waals surface area contributed by atoms with Gasteiger partial charge in [-0.15, -0.1) is 0 Å². The Labute approximate surface area is 105 Å². The number of carbonyl (C=O) groups excluding carboxylic acids is 1. The van der Waals surface area contributed by atoms with Crippen molar-refractivity contribution in [2.24, 2.45) is 17.6 Å². The van der Waals surface area contributed by atoms with Crippen molar-refractivity contribution in [2.75, 3.05) is 27.2 Å². The molecule has 0 bridgehead atoms. The highest BCUT2D eigenvalue weighted by molar-refractivity contribution is 5.82. The molecule has 1 aliphatic heterocycles. The van der Waals surface area contributed by atoms with Crippen LogP contribution in [0.15, 0.2) is 0 Å². The fourth-order valence-electron chi connectivity index (χ4n) is 2.64. The Balaban J connectivity index is 2.55. The average Bonchev–Trinajstić information content (AvgIpc) is 2.58. The van der Waals surface area contributed by atoms with Gasteiger partial charge in [0, 0.05) is 19.1 Å². The molecule has 0 aromatic rings. The molecule has 0 aliphatic carbocycles. The summed E-state index contributed by atoms with van der Waals surface area (Å²) in [5, 5.41) is 0. The van der Waals surface area contributed by atoms with E-state index in [9.17, 15) is 4.79 Å². The average molecular weight is 241 g/mol. The molecule has 1 saturated heterocycles. The van der Waals surface area contributed by atoms with E-state index >= 15 is 0 Å². The number of likely N-dealkylation sites (tertiary alicyclic amines) is 1. The zero-order chi connectivity index (χ0) is 13.2. The number of likely N-dealkylation sites (N-methyl/N-ethyl adjacent to an activating group) is 1. The van der Waals surface area contributed by atoms with Gasteiger partial charge in [-0.25, -0.2) is 0 Å². The molecule has 1 rings (SSSR count). The van der Waals surface area contributed by atoms with Gasteiger partial charge in [-0.1, -0.05) is 20.8 Å². The van der Waals surface area contributed by atoms with Gasteiger partial charge in [-0.2, -0.15) is 0 Å². The number of rotatable bonds is 4. The van der Waals surface area contributed by atoms with E-state index in [0.29, 0.717) is 17.9 Å². The SMILES string of the molecule is CC(C)CC(N)C(=O)N1CC(C)C(N(C)C)C1.